The highest BCUT2D eigenvalue weighted by Crippen LogP contribution is 2.38. The first-order valence-corrected chi connectivity index (χ1v) is 9.26. The van der Waals surface area contributed by atoms with Crippen LogP contribution < -0.4 is 0 Å². The van der Waals surface area contributed by atoms with Crippen molar-refractivity contribution >= 4 is 22.6 Å². The SMILES string of the molecule is Cc1ccc2c(c1)c1c(n2-c2ccccc2)CCC(c2ccccc2)=C1. The minimum atomic E-state index is 1.07. The third-order valence-corrected chi connectivity index (χ3v) is 5.37. The van der Waals surface area contributed by atoms with Crippen LogP contribution in [0.2, 0.25) is 0 Å². The van der Waals surface area contributed by atoms with Gasteiger partial charge >= 0.3 is 0 Å². The first kappa shape index (κ1) is 15.2. The van der Waals surface area contributed by atoms with E-state index < -0.39 is 0 Å². The molecule has 1 aliphatic rings. The molecule has 3 aromatic carbocycles. The summed E-state index contributed by atoms with van der Waals surface area (Å²) in [6.45, 7) is 2.18. The zero-order valence-corrected chi connectivity index (χ0v) is 14.9. The number of fused-ring (bicyclic) bond motifs is 3. The largest absolute Gasteiger partial charge is 0.313 e. The summed E-state index contributed by atoms with van der Waals surface area (Å²) in [5, 5.41) is 1.36. The number of aromatic nitrogens is 1. The molecular weight excluding hydrogens is 314 g/mol. The maximum absolute atomic E-state index is 2.45. The van der Waals surface area contributed by atoms with Crippen molar-refractivity contribution in [2.24, 2.45) is 0 Å². The van der Waals surface area contributed by atoms with E-state index in [1.807, 2.05) is 0 Å². The molecule has 1 nitrogen and oxygen atoms in total. The molecule has 1 heteroatoms. The van der Waals surface area contributed by atoms with Crippen LogP contribution in [0.25, 0.3) is 28.2 Å². The second kappa shape index (κ2) is 6.03. The van der Waals surface area contributed by atoms with Gasteiger partial charge in [-0.1, -0.05) is 60.2 Å². The van der Waals surface area contributed by atoms with Crippen LogP contribution in [0.3, 0.4) is 0 Å². The molecule has 0 spiro atoms. The fraction of sp³-hybridized carbons (Fsp3) is 0.120. The second-order valence-electron chi connectivity index (χ2n) is 7.09. The molecule has 4 aromatic rings. The highest BCUT2D eigenvalue weighted by molar-refractivity contribution is 5.99. The summed E-state index contributed by atoms with van der Waals surface area (Å²) in [6.07, 6.45) is 4.56. The van der Waals surface area contributed by atoms with Crippen LogP contribution in [0.15, 0.2) is 78.9 Å². The Morgan fingerprint density at radius 1 is 0.769 bits per heavy atom. The quantitative estimate of drug-likeness (QED) is 0.398. The van der Waals surface area contributed by atoms with Gasteiger partial charge in [-0.3, -0.25) is 0 Å². The maximum atomic E-state index is 2.45. The molecule has 26 heavy (non-hydrogen) atoms. The summed E-state index contributed by atoms with van der Waals surface area (Å²) in [5.41, 5.74) is 9.45. The number of hydrogen-bond acceptors (Lipinski definition) is 0. The number of aryl methyl sites for hydroxylation is 1. The predicted octanol–water partition coefficient (Wildman–Crippen LogP) is 6.43. The second-order valence-corrected chi connectivity index (χ2v) is 7.09. The van der Waals surface area contributed by atoms with E-state index in [0.29, 0.717) is 0 Å². The molecule has 5 rings (SSSR count). The average Bonchev–Trinajstić information content (AvgIpc) is 3.02. The topological polar surface area (TPSA) is 4.93 Å². The van der Waals surface area contributed by atoms with Crippen molar-refractivity contribution in [3.63, 3.8) is 0 Å². The molecule has 1 aromatic heterocycles. The third-order valence-electron chi connectivity index (χ3n) is 5.37. The Hall–Kier alpha value is -3.06. The van der Waals surface area contributed by atoms with E-state index in [9.17, 15) is 0 Å². The molecule has 0 atom stereocenters. The standard InChI is InChI=1S/C25H21N/c1-18-12-14-24-22(16-18)23-17-20(19-8-4-2-5-9-19)13-15-25(23)26(24)21-10-6-3-7-11-21/h2-12,14,16-17H,13,15H2,1H3. The van der Waals surface area contributed by atoms with Crippen LogP contribution in [0, 0.1) is 6.92 Å². The van der Waals surface area contributed by atoms with Crippen molar-refractivity contribution in [2.75, 3.05) is 0 Å². The van der Waals surface area contributed by atoms with Crippen molar-refractivity contribution in [1.29, 1.82) is 0 Å². The fourth-order valence-electron chi connectivity index (χ4n) is 4.14. The van der Waals surface area contributed by atoms with Crippen molar-refractivity contribution < 1.29 is 0 Å². The van der Waals surface area contributed by atoms with E-state index >= 15 is 0 Å². The molecule has 1 heterocycles. The van der Waals surface area contributed by atoms with Gasteiger partial charge in [-0.25, -0.2) is 0 Å². The molecule has 0 amide bonds. The van der Waals surface area contributed by atoms with Gasteiger partial charge in [-0.15, -0.1) is 0 Å². The summed E-state index contributed by atoms with van der Waals surface area (Å²) in [6, 6.07) is 28.3. The minimum Gasteiger partial charge on any atom is -0.313 e. The monoisotopic (exact) mass is 335 g/mol. The van der Waals surface area contributed by atoms with Crippen molar-refractivity contribution in [1.82, 2.24) is 4.57 Å². The molecule has 0 fully saturated rings. The maximum Gasteiger partial charge on any atom is 0.0537 e. The van der Waals surface area contributed by atoms with Gasteiger partial charge in [0, 0.05) is 22.3 Å². The Morgan fingerprint density at radius 2 is 1.50 bits per heavy atom. The molecule has 0 saturated carbocycles. The van der Waals surface area contributed by atoms with E-state index in [2.05, 4.69) is 96.4 Å². The molecule has 0 aliphatic heterocycles. The lowest BCUT2D eigenvalue weighted by molar-refractivity contribution is 0.898. The van der Waals surface area contributed by atoms with Gasteiger partial charge < -0.3 is 4.57 Å². The van der Waals surface area contributed by atoms with Crippen molar-refractivity contribution in [3.05, 3.63) is 101 Å². The number of nitrogens with zero attached hydrogens (tertiary/aromatic N) is 1. The van der Waals surface area contributed by atoms with Crippen molar-refractivity contribution in [2.45, 2.75) is 19.8 Å². The molecule has 1 aliphatic carbocycles. The molecular formula is C25H21N. The molecule has 0 unspecified atom stereocenters. The number of allylic oxidation sites excluding steroid dienone is 1. The fourth-order valence-corrected chi connectivity index (χ4v) is 4.14. The van der Waals surface area contributed by atoms with Crippen molar-refractivity contribution in [3.8, 4) is 5.69 Å². The zero-order valence-electron chi connectivity index (χ0n) is 14.9. The lowest BCUT2D eigenvalue weighted by atomic mass is 9.91. The smallest absolute Gasteiger partial charge is 0.0537 e. The summed E-state index contributed by atoms with van der Waals surface area (Å²) >= 11 is 0. The number of hydrogen-bond donors (Lipinski definition) is 0. The first-order valence-electron chi connectivity index (χ1n) is 9.26. The lowest BCUT2D eigenvalue weighted by Crippen LogP contribution is -2.05. The first-order chi connectivity index (χ1) is 12.8. The van der Waals surface area contributed by atoms with Crippen LogP contribution in [-0.4, -0.2) is 4.57 Å². The molecule has 126 valence electrons. The van der Waals surface area contributed by atoms with Gasteiger partial charge in [-0.2, -0.15) is 0 Å². The van der Waals surface area contributed by atoms with E-state index in [4.69, 9.17) is 0 Å². The van der Waals surface area contributed by atoms with Gasteiger partial charge in [0.05, 0.1) is 5.52 Å². The summed E-state index contributed by atoms with van der Waals surface area (Å²) in [5.74, 6) is 0. The van der Waals surface area contributed by atoms with E-state index in [1.54, 1.807) is 0 Å². The van der Waals surface area contributed by atoms with Gasteiger partial charge in [0.1, 0.15) is 0 Å². The van der Waals surface area contributed by atoms with Crippen LogP contribution in [0.4, 0.5) is 0 Å². The third kappa shape index (κ3) is 2.40. The van der Waals surface area contributed by atoms with Gasteiger partial charge in [0.2, 0.25) is 0 Å². The molecule has 0 bridgehead atoms. The average molecular weight is 335 g/mol. The van der Waals surface area contributed by atoms with Gasteiger partial charge in [0.25, 0.3) is 0 Å². The normalized spacial score (nSPS) is 13.5. The number of rotatable bonds is 2. The van der Waals surface area contributed by atoms with E-state index in [0.717, 1.165) is 12.8 Å². The summed E-state index contributed by atoms with van der Waals surface area (Å²) in [4.78, 5) is 0. The lowest BCUT2D eigenvalue weighted by Gasteiger charge is -2.17. The van der Waals surface area contributed by atoms with Gasteiger partial charge in [-0.05, 0) is 61.2 Å². The number of benzene rings is 3. The highest BCUT2D eigenvalue weighted by Gasteiger charge is 2.21. The Kier molecular flexibility index (Phi) is 3.53. The summed E-state index contributed by atoms with van der Waals surface area (Å²) < 4.78 is 2.45. The molecule has 0 saturated heterocycles. The van der Waals surface area contributed by atoms with Crippen LogP contribution in [0.5, 0.6) is 0 Å². The summed E-state index contributed by atoms with van der Waals surface area (Å²) in [7, 11) is 0. The Balaban J connectivity index is 1.79. The molecule has 0 radical (unpaired) electrons. The van der Waals surface area contributed by atoms with Crippen LogP contribution in [-0.2, 0) is 6.42 Å². The molecule has 0 N–H and O–H groups in total. The highest BCUT2D eigenvalue weighted by atomic mass is 15.0. The van der Waals surface area contributed by atoms with E-state index in [-0.39, 0.29) is 0 Å². The predicted molar refractivity (Wildman–Crippen MR) is 111 cm³/mol. The minimum absolute atomic E-state index is 1.07. The Morgan fingerprint density at radius 3 is 2.27 bits per heavy atom. The number of para-hydroxylation sites is 1. The van der Waals surface area contributed by atoms with E-state index in [1.165, 1.54) is 44.5 Å². The zero-order chi connectivity index (χ0) is 17.5. The van der Waals surface area contributed by atoms with Crippen LogP contribution >= 0.6 is 0 Å². The Bertz CT molecular complexity index is 1120. The van der Waals surface area contributed by atoms with Crippen LogP contribution in [0.1, 0.15) is 28.8 Å². The Labute approximate surface area is 154 Å². The van der Waals surface area contributed by atoms with Gasteiger partial charge in [0.15, 0.2) is 0 Å².